The molecule has 0 unspecified atom stereocenters. The van der Waals surface area contributed by atoms with Crippen LogP contribution in [0.2, 0.25) is 0 Å². The zero-order chi connectivity index (χ0) is 18.1. The van der Waals surface area contributed by atoms with Gasteiger partial charge in [0.2, 0.25) is 0 Å². The van der Waals surface area contributed by atoms with Gasteiger partial charge in [-0.1, -0.05) is 6.92 Å². The lowest BCUT2D eigenvalue weighted by atomic mass is 10.1. The fourth-order valence-corrected chi connectivity index (χ4v) is 4.14. The minimum atomic E-state index is 0.575. The van der Waals surface area contributed by atoms with E-state index in [-0.39, 0.29) is 0 Å². The van der Waals surface area contributed by atoms with Crippen LogP contribution in [0.1, 0.15) is 38.4 Å². The maximum absolute atomic E-state index is 4.99. The second-order valence-corrected chi connectivity index (χ2v) is 7.48. The molecule has 1 saturated heterocycles. The van der Waals surface area contributed by atoms with Crippen molar-refractivity contribution in [3.63, 3.8) is 0 Å². The van der Waals surface area contributed by atoms with Crippen LogP contribution in [-0.2, 0) is 13.1 Å². The molecular weight excluding hydrogens is 324 g/mol. The molecule has 0 spiro atoms. The first-order valence-electron chi connectivity index (χ1n) is 9.69. The maximum Gasteiger partial charge on any atom is 0.163 e. The van der Waals surface area contributed by atoms with Gasteiger partial charge in [0.25, 0.3) is 0 Å². The van der Waals surface area contributed by atoms with E-state index >= 15 is 0 Å². The van der Waals surface area contributed by atoms with Crippen molar-refractivity contribution in [2.45, 2.75) is 52.4 Å². The van der Waals surface area contributed by atoms with Gasteiger partial charge in [-0.15, -0.1) is 0 Å². The van der Waals surface area contributed by atoms with Gasteiger partial charge >= 0.3 is 0 Å². The largest absolute Gasteiger partial charge is 0.353 e. The molecule has 2 aliphatic heterocycles. The Kier molecular flexibility index (Phi) is 4.87. The lowest BCUT2D eigenvalue weighted by Crippen LogP contribution is -2.55. The molecule has 1 N–H and O–H groups in total. The SMILES string of the molecule is CC[C@@H]1CN(c2nc(-c3cccnc3)nc3c2CNC3)CCN1C(C)C. The Morgan fingerprint density at radius 2 is 2.12 bits per heavy atom. The van der Waals surface area contributed by atoms with Gasteiger partial charge in [0, 0.05) is 68.3 Å². The molecule has 0 aromatic carbocycles. The molecule has 2 aromatic heterocycles. The van der Waals surface area contributed by atoms with Crippen LogP contribution >= 0.6 is 0 Å². The summed E-state index contributed by atoms with van der Waals surface area (Å²) in [6.07, 6.45) is 4.80. The molecule has 26 heavy (non-hydrogen) atoms. The summed E-state index contributed by atoms with van der Waals surface area (Å²) in [4.78, 5) is 19.1. The molecule has 0 aliphatic carbocycles. The normalized spacial score (nSPS) is 20.6. The van der Waals surface area contributed by atoms with E-state index in [0.717, 1.165) is 62.0 Å². The Labute approximate surface area is 155 Å². The van der Waals surface area contributed by atoms with E-state index in [0.29, 0.717) is 12.1 Å². The predicted molar refractivity (Wildman–Crippen MR) is 104 cm³/mol. The number of nitrogens with one attached hydrogen (secondary N) is 1. The van der Waals surface area contributed by atoms with E-state index in [1.165, 1.54) is 5.56 Å². The molecular formula is C20H28N6. The van der Waals surface area contributed by atoms with E-state index in [1.807, 2.05) is 18.3 Å². The van der Waals surface area contributed by atoms with Gasteiger partial charge in [-0.25, -0.2) is 9.97 Å². The summed E-state index contributed by atoms with van der Waals surface area (Å²) in [6.45, 7) is 11.7. The van der Waals surface area contributed by atoms with E-state index in [1.54, 1.807) is 6.20 Å². The topological polar surface area (TPSA) is 57.2 Å². The number of pyridine rings is 1. The van der Waals surface area contributed by atoms with E-state index < -0.39 is 0 Å². The molecule has 4 heterocycles. The molecule has 1 atom stereocenters. The molecule has 6 nitrogen and oxygen atoms in total. The van der Waals surface area contributed by atoms with Crippen molar-refractivity contribution in [2.75, 3.05) is 24.5 Å². The summed E-state index contributed by atoms with van der Waals surface area (Å²) in [6, 6.07) is 5.14. The molecule has 2 aromatic rings. The first-order valence-corrected chi connectivity index (χ1v) is 9.69. The van der Waals surface area contributed by atoms with Crippen molar-refractivity contribution >= 4 is 5.82 Å². The second kappa shape index (κ2) is 7.29. The van der Waals surface area contributed by atoms with Crippen molar-refractivity contribution in [1.82, 2.24) is 25.2 Å². The van der Waals surface area contributed by atoms with Gasteiger partial charge < -0.3 is 10.2 Å². The van der Waals surface area contributed by atoms with Crippen molar-refractivity contribution in [1.29, 1.82) is 0 Å². The molecule has 1 fully saturated rings. The van der Waals surface area contributed by atoms with Crippen molar-refractivity contribution in [3.8, 4) is 11.4 Å². The number of hydrogen-bond donors (Lipinski definition) is 1. The molecule has 0 bridgehead atoms. The number of nitrogens with zero attached hydrogens (tertiary/aromatic N) is 5. The number of aromatic nitrogens is 3. The minimum absolute atomic E-state index is 0.575. The van der Waals surface area contributed by atoms with Gasteiger partial charge in [0.1, 0.15) is 5.82 Å². The monoisotopic (exact) mass is 352 g/mol. The molecule has 4 rings (SSSR count). The first-order chi connectivity index (χ1) is 12.7. The summed E-state index contributed by atoms with van der Waals surface area (Å²) in [5.74, 6) is 1.90. The highest BCUT2D eigenvalue weighted by molar-refractivity contribution is 5.60. The number of anilines is 1. The van der Waals surface area contributed by atoms with Crippen LogP contribution in [0, 0.1) is 0 Å². The third-order valence-electron chi connectivity index (χ3n) is 5.55. The average molecular weight is 352 g/mol. The molecule has 0 amide bonds. The number of piperazine rings is 1. The number of rotatable bonds is 4. The minimum Gasteiger partial charge on any atom is -0.353 e. The fraction of sp³-hybridized carbons (Fsp3) is 0.550. The fourth-order valence-electron chi connectivity index (χ4n) is 4.14. The Morgan fingerprint density at radius 3 is 2.85 bits per heavy atom. The zero-order valence-electron chi connectivity index (χ0n) is 15.9. The maximum atomic E-state index is 4.99. The molecule has 138 valence electrons. The van der Waals surface area contributed by atoms with Gasteiger partial charge in [0.15, 0.2) is 5.82 Å². The summed E-state index contributed by atoms with van der Waals surface area (Å²) in [5, 5.41) is 3.44. The molecule has 0 radical (unpaired) electrons. The third-order valence-corrected chi connectivity index (χ3v) is 5.55. The molecule has 2 aliphatic rings. The third kappa shape index (κ3) is 3.19. The summed E-state index contributed by atoms with van der Waals surface area (Å²) >= 11 is 0. The van der Waals surface area contributed by atoms with Crippen molar-refractivity contribution in [2.24, 2.45) is 0 Å². The lowest BCUT2D eigenvalue weighted by Gasteiger charge is -2.44. The highest BCUT2D eigenvalue weighted by atomic mass is 15.3. The van der Waals surface area contributed by atoms with Gasteiger partial charge in [-0.05, 0) is 32.4 Å². The van der Waals surface area contributed by atoms with Crippen LogP contribution in [0.25, 0.3) is 11.4 Å². The Hall–Kier alpha value is -2.05. The van der Waals surface area contributed by atoms with Crippen LogP contribution in [0.5, 0.6) is 0 Å². The second-order valence-electron chi connectivity index (χ2n) is 7.48. The Morgan fingerprint density at radius 1 is 1.23 bits per heavy atom. The summed E-state index contributed by atoms with van der Waals surface area (Å²) in [5.41, 5.74) is 3.38. The van der Waals surface area contributed by atoms with Crippen LogP contribution in [0.4, 0.5) is 5.82 Å². The van der Waals surface area contributed by atoms with Crippen LogP contribution in [0.15, 0.2) is 24.5 Å². The lowest BCUT2D eigenvalue weighted by molar-refractivity contribution is 0.133. The zero-order valence-corrected chi connectivity index (χ0v) is 15.9. The average Bonchev–Trinajstić information content (AvgIpc) is 3.16. The number of hydrogen-bond acceptors (Lipinski definition) is 6. The van der Waals surface area contributed by atoms with E-state index in [9.17, 15) is 0 Å². The highest BCUT2D eigenvalue weighted by Gasteiger charge is 2.31. The van der Waals surface area contributed by atoms with Crippen molar-refractivity contribution in [3.05, 3.63) is 35.8 Å². The first kappa shape index (κ1) is 17.4. The number of fused-ring (bicyclic) bond motifs is 1. The summed E-state index contributed by atoms with van der Waals surface area (Å²) in [7, 11) is 0. The predicted octanol–water partition coefficient (Wildman–Crippen LogP) is 2.45. The Balaban J connectivity index is 1.69. The van der Waals surface area contributed by atoms with Gasteiger partial charge in [-0.2, -0.15) is 0 Å². The molecule has 6 heteroatoms. The van der Waals surface area contributed by atoms with E-state index in [2.05, 4.69) is 40.9 Å². The highest BCUT2D eigenvalue weighted by Crippen LogP contribution is 2.30. The standard InChI is InChI=1S/C20H28N6/c1-4-16-13-25(8-9-26(16)14(2)3)20-17-11-22-12-18(17)23-19(24-20)15-6-5-7-21-10-15/h5-7,10,14,16,22H,4,8-9,11-13H2,1-3H3/t16-/m1/s1. The quantitative estimate of drug-likeness (QED) is 0.912. The van der Waals surface area contributed by atoms with Gasteiger partial charge in [-0.3, -0.25) is 9.88 Å². The molecule has 0 saturated carbocycles. The Bertz CT molecular complexity index is 760. The smallest absolute Gasteiger partial charge is 0.163 e. The van der Waals surface area contributed by atoms with Gasteiger partial charge in [0.05, 0.1) is 5.69 Å². The van der Waals surface area contributed by atoms with Crippen LogP contribution in [0.3, 0.4) is 0 Å². The van der Waals surface area contributed by atoms with Crippen LogP contribution < -0.4 is 10.2 Å². The van der Waals surface area contributed by atoms with Crippen molar-refractivity contribution < 1.29 is 0 Å². The van der Waals surface area contributed by atoms with Crippen LogP contribution in [-0.4, -0.2) is 51.6 Å². The van der Waals surface area contributed by atoms with E-state index in [4.69, 9.17) is 9.97 Å². The summed E-state index contributed by atoms with van der Waals surface area (Å²) < 4.78 is 0.